The molecule has 100 valence electrons. The van der Waals surface area contributed by atoms with Gasteiger partial charge in [-0.1, -0.05) is 18.2 Å². The van der Waals surface area contributed by atoms with Crippen molar-refractivity contribution in [3.05, 3.63) is 64.3 Å². The summed E-state index contributed by atoms with van der Waals surface area (Å²) in [5.74, 6) is 0.589. The van der Waals surface area contributed by atoms with Gasteiger partial charge in [0.05, 0.1) is 6.07 Å². The van der Waals surface area contributed by atoms with Crippen molar-refractivity contribution in [3.63, 3.8) is 0 Å². The number of aryl methyl sites for hydroxylation is 1. The lowest BCUT2D eigenvalue weighted by molar-refractivity contribution is 0.353. The Balaban J connectivity index is 2.12. The van der Waals surface area contributed by atoms with Gasteiger partial charge in [0, 0.05) is 0 Å². The molecule has 0 saturated carbocycles. The van der Waals surface area contributed by atoms with Gasteiger partial charge >= 0.3 is 0 Å². The molecule has 3 rings (SSSR count). The van der Waals surface area contributed by atoms with Crippen molar-refractivity contribution in [1.29, 1.82) is 0 Å². The van der Waals surface area contributed by atoms with Gasteiger partial charge in [0.25, 0.3) is 5.95 Å². The van der Waals surface area contributed by atoms with Gasteiger partial charge < -0.3 is 14.3 Å². The third-order valence-corrected chi connectivity index (χ3v) is 2.89. The first-order valence-corrected chi connectivity index (χ1v) is 6.14. The molecule has 0 unspecified atom stereocenters. The molecule has 0 aliphatic rings. The Labute approximate surface area is 114 Å². The smallest absolute Gasteiger partial charge is 0.294 e. The van der Waals surface area contributed by atoms with Gasteiger partial charge in [0.2, 0.25) is 0 Å². The molecular formula is C16H12O4. The predicted octanol–water partition coefficient (Wildman–Crippen LogP) is 3.60. The third-order valence-electron chi connectivity index (χ3n) is 2.89. The molecule has 0 bridgehead atoms. The number of aromatic hydroxyl groups is 1. The van der Waals surface area contributed by atoms with E-state index in [0.29, 0.717) is 11.3 Å². The van der Waals surface area contributed by atoms with Gasteiger partial charge in [-0.15, -0.1) is 0 Å². The molecule has 2 aromatic carbocycles. The van der Waals surface area contributed by atoms with Crippen molar-refractivity contribution in [1.82, 2.24) is 0 Å². The van der Waals surface area contributed by atoms with E-state index in [-0.39, 0.29) is 22.5 Å². The molecule has 4 nitrogen and oxygen atoms in total. The fourth-order valence-electron chi connectivity index (χ4n) is 2.03. The van der Waals surface area contributed by atoms with Gasteiger partial charge in [-0.2, -0.15) is 0 Å². The summed E-state index contributed by atoms with van der Waals surface area (Å²) in [6.07, 6.45) is 0. The summed E-state index contributed by atoms with van der Waals surface area (Å²) in [6, 6.07) is 13.5. The molecule has 3 aromatic rings. The zero-order chi connectivity index (χ0) is 14.1. The van der Waals surface area contributed by atoms with Crippen molar-refractivity contribution in [2.75, 3.05) is 0 Å². The molecule has 4 heteroatoms. The summed E-state index contributed by atoms with van der Waals surface area (Å²) in [6.45, 7) is 1.81. The number of rotatable bonds is 2. The lowest BCUT2D eigenvalue weighted by atomic mass is 10.1. The second-order valence-corrected chi connectivity index (χ2v) is 4.50. The molecule has 20 heavy (non-hydrogen) atoms. The van der Waals surface area contributed by atoms with E-state index in [2.05, 4.69) is 0 Å². The van der Waals surface area contributed by atoms with Gasteiger partial charge in [0.1, 0.15) is 22.5 Å². The summed E-state index contributed by atoms with van der Waals surface area (Å²) in [7, 11) is 0. The average molecular weight is 268 g/mol. The predicted molar refractivity (Wildman–Crippen MR) is 75.4 cm³/mol. The Kier molecular flexibility index (Phi) is 2.91. The molecular weight excluding hydrogens is 256 g/mol. The normalized spacial score (nSPS) is 10.7. The van der Waals surface area contributed by atoms with Crippen LogP contribution in [0.15, 0.2) is 57.7 Å². The van der Waals surface area contributed by atoms with Crippen LogP contribution in [0.3, 0.4) is 0 Å². The minimum Gasteiger partial charge on any atom is -0.507 e. The molecule has 1 aromatic heterocycles. The molecule has 0 fully saturated rings. The molecule has 1 heterocycles. The van der Waals surface area contributed by atoms with E-state index in [1.807, 2.05) is 25.1 Å². The molecule has 0 atom stereocenters. The highest BCUT2D eigenvalue weighted by Crippen LogP contribution is 2.28. The number of phenols is 1. The fraction of sp³-hybridized carbons (Fsp3) is 0.0625. The van der Waals surface area contributed by atoms with E-state index >= 15 is 0 Å². The molecule has 0 amide bonds. The number of hydrogen-bond acceptors (Lipinski definition) is 4. The highest BCUT2D eigenvalue weighted by molar-refractivity contribution is 5.84. The Morgan fingerprint density at radius 2 is 1.85 bits per heavy atom. The first-order chi connectivity index (χ1) is 9.63. The summed E-state index contributed by atoms with van der Waals surface area (Å²) in [5.41, 5.74) is 0.769. The topological polar surface area (TPSA) is 59.7 Å². The maximum atomic E-state index is 12.0. The van der Waals surface area contributed by atoms with Crippen molar-refractivity contribution in [2.24, 2.45) is 0 Å². The largest absolute Gasteiger partial charge is 0.507 e. The standard InChI is InChI=1S/C16H12O4/c1-10-7-12(17)16-13(18)9-15(20-14(16)8-10)19-11-5-3-2-4-6-11/h2-9,17H,1H3. The van der Waals surface area contributed by atoms with Crippen LogP contribution in [0.4, 0.5) is 0 Å². The van der Waals surface area contributed by atoms with E-state index in [1.165, 1.54) is 12.1 Å². The van der Waals surface area contributed by atoms with Crippen LogP contribution >= 0.6 is 0 Å². The van der Waals surface area contributed by atoms with E-state index in [0.717, 1.165) is 5.56 Å². The average Bonchev–Trinajstić information content (AvgIpc) is 2.38. The van der Waals surface area contributed by atoms with Gasteiger partial charge in [0.15, 0.2) is 5.43 Å². The van der Waals surface area contributed by atoms with Crippen LogP contribution in [-0.4, -0.2) is 5.11 Å². The van der Waals surface area contributed by atoms with Gasteiger partial charge in [-0.3, -0.25) is 4.79 Å². The number of benzene rings is 2. The van der Waals surface area contributed by atoms with E-state index in [1.54, 1.807) is 18.2 Å². The summed E-state index contributed by atoms with van der Waals surface area (Å²) < 4.78 is 11.0. The second-order valence-electron chi connectivity index (χ2n) is 4.50. The van der Waals surface area contributed by atoms with Crippen LogP contribution in [0.2, 0.25) is 0 Å². The minimum atomic E-state index is -0.338. The Bertz CT molecular complexity index is 819. The van der Waals surface area contributed by atoms with Crippen LogP contribution in [0, 0.1) is 6.92 Å². The van der Waals surface area contributed by atoms with Gasteiger partial charge in [-0.05, 0) is 36.8 Å². The Morgan fingerprint density at radius 3 is 2.60 bits per heavy atom. The molecule has 0 radical (unpaired) electrons. The van der Waals surface area contributed by atoms with E-state index in [9.17, 15) is 9.90 Å². The second kappa shape index (κ2) is 4.74. The zero-order valence-corrected chi connectivity index (χ0v) is 10.8. The number of hydrogen-bond donors (Lipinski definition) is 1. The van der Waals surface area contributed by atoms with Crippen LogP contribution in [0.1, 0.15) is 5.56 Å². The molecule has 0 spiro atoms. The Hall–Kier alpha value is -2.75. The third kappa shape index (κ3) is 2.23. The van der Waals surface area contributed by atoms with Crippen molar-refractivity contribution < 1.29 is 14.3 Å². The van der Waals surface area contributed by atoms with Crippen molar-refractivity contribution >= 4 is 11.0 Å². The molecule has 1 N–H and O–H groups in total. The maximum absolute atomic E-state index is 12.0. The molecule has 0 saturated heterocycles. The minimum absolute atomic E-state index is 0.0833. The first-order valence-electron chi connectivity index (χ1n) is 6.14. The van der Waals surface area contributed by atoms with Crippen LogP contribution in [-0.2, 0) is 0 Å². The highest BCUT2D eigenvalue weighted by Gasteiger charge is 2.11. The first kappa shape index (κ1) is 12.3. The number of ether oxygens (including phenoxy) is 1. The lowest BCUT2D eigenvalue weighted by Gasteiger charge is -2.06. The van der Waals surface area contributed by atoms with Crippen LogP contribution in [0.25, 0.3) is 11.0 Å². The number of para-hydroxylation sites is 1. The summed E-state index contributed by atoms with van der Waals surface area (Å²) in [5, 5.41) is 9.98. The lowest BCUT2D eigenvalue weighted by Crippen LogP contribution is -2.01. The maximum Gasteiger partial charge on any atom is 0.294 e. The monoisotopic (exact) mass is 268 g/mol. The quantitative estimate of drug-likeness (QED) is 0.771. The summed E-state index contributed by atoms with van der Waals surface area (Å²) >= 11 is 0. The Morgan fingerprint density at radius 1 is 1.10 bits per heavy atom. The van der Waals surface area contributed by atoms with Crippen molar-refractivity contribution in [3.8, 4) is 17.4 Å². The molecule has 0 aliphatic carbocycles. The van der Waals surface area contributed by atoms with Crippen LogP contribution < -0.4 is 10.2 Å². The number of phenolic OH excluding ortho intramolecular Hbond substituents is 1. The highest BCUT2D eigenvalue weighted by atomic mass is 16.6. The van der Waals surface area contributed by atoms with E-state index in [4.69, 9.17) is 9.15 Å². The van der Waals surface area contributed by atoms with E-state index < -0.39 is 0 Å². The fourth-order valence-corrected chi connectivity index (χ4v) is 2.03. The summed E-state index contributed by atoms with van der Waals surface area (Å²) in [4.78, 5) is 12.0. The molecule has 0 aliphatic heterocycles. The zero-order valence-electron chi connectivity index (χ0n) is 10.8. The number of fused-ring (bicyclic) bond motifs is 1. The van der Waals surface area contributed by atoms with Crippen LogP contribution in [0.5, 0.6) is 17.4 Å². The SMILES string of the molecule is Cc1cc(O)c2c(=O)cc(Oc3ccccc3)oc2c1. The van der Waals surface area contributed by atoms with Crippen molar-refractivity contribution in [2.45, 2.75) is 6.92 Å². The van der Waals surface area contributed by atoms with Gasteiger partial charge in [-0.25, -0.2) is 0 Å².